The number of aromatic nitrogens is 2. The molecule has 0 bridgehead atoms. The van der Waals surface area contributed by atoms with Crippen molar-refractivity contribution in [1.29, 1.82) is 0 Å². The molecular weight excluding hydrogens is 302 g/mol. The Hall–Kier alpha value is -1.56. The number of hydrogen-bond donors (Lipinski definition) is 1. The summed E-state index contributed by atoms with van der Waals surface area (Å²) in [6.45, 7) is 3.67. The summed E-state index contributed by atoms with van der Waals surface area (Å²) in [5.41, 5.74) is 0. The number of sulfonamides is 1. The predicted molar refractivity (Wildman–Crippen MR) is 73.1 cm³/mol. The molecule has 0 spiro atoms. The van der Waals surface area contributed by atoms with Crippen molar-refractivity contribution in [2.75, 3.05) is 39.4 Å². The lowest BCUT2D eigenvalue weighted by molar-refractivity contribution is -0.391. The largest absolute Gasteiger partial charge is 0.379 e. The van der Waals surface area contributed by atoms with E-state index in [1.807, 2.05) is 0 Å². The van der Waals surface area contributed by atoms with Crippen molar-refractivity contribution in [3.05, 3.63) is 22.6 Å². The fraction of sp³-hybridized carbons (Fsp3) is 0.700. The zero-order valence-corrected chi connectivity index (χ0v) is 12.2. The maximum Gasteiger partial charge on any atom is 0.343 e. The highest BCUT2D eigenvalue weighted by molar-refractivity contribution is 7.88. The molecule has 1 aliphatic heterocycles. The first-order valence-corrected chi connectivity index (χ1v) is 8.05. The molecule has 10 nitrogen and oxygen atoms in total. The Morgan fingerprint density at radius 3 is 2.81 bits per heavy atom. The number of imidazole rings is 1. The van der Waals surface area contributed by atoms with E-state index in [9.17, 15) is 18.5 Å². The third kappa shape index (κ3) is 4.74. The fourth-order valence-corrected chi connectivity index (χ4v) is 3.04. The van der Waals surface area contributed by atoms with Crippen LogP contribution in [0, 0.1) is 10.1 Å². The highest BCUT2D eigenvalue weighted by atomic mass is 32.2. The van der Waals surface area contributed by atoms with E-state index >= 15 is 0 Å². The molecular formula is C10H17N5O5S. The molecule has 0 radical (unpaired) electrons. The Labute approximate surface area is 121 Å². The van der Waals surface area contributed by atoms with Crippen molar-refractivity contribution >= 4 is 15.8 Å². The Morgan fingerprint density at radius 1 is 1.43 bits per heavy atom. The molecule has 118 valence electrons. The van der Waals surface area contributed by atoms with Gasteiger partial charge < -0.3 is 14.9 Å². The van der Waals surface area contributed by atoms with Gasteiger partial charge in [-0.1, -0.05) is 0 Å². The number of nitro groups is 1. The van der Waals surface area contributed by atoms with Crippen molar-refractivity contribution in [2.24, 2.45) is 0 Å². The molecule has 21 heavy (non-hydrogen) atoms. The van der Waals surface area contributed by atoms with E-state index < -0.39 is 20.8 Å². The first kappa shape index (κ1) is 15.8. The summed E-state index contributed by atoms with van der Waals surface area (Å²) in [7, 11) is -3.65. The molecule has 1 saturated heterocycles. The van der Waals surface area contributed by atoms with E-state index in [0.29, 0.717) is 19.8 Å². The maximum absolute atomic E-state index is 11.9. The second kappa shape index (κ2) is 6.93. The number of hydrogen-bond acceptors (Lipinski definition) is 7. The molecule has 0 atom stereocenters. The number of ether oxygens (including phenoxy) is 1. The summed E-state index contributed by atoms with van der Waals surface area (Å²) in [4.78, 5) is 15.7. The van der Waals surface area contributed by atoms with Gasteiger partial charge in [0.05, 0.1) is 13.2 Å². The summed E-state index contributed by atoms with van der Waals surface area (Å²) in [5, 5.41) is 10.7. The average molecular weight is 319 g/mol. The molecule has 0 amide bonds. The van der Waals surface area contributed by atoms with Gasteiger partial charge in [-0.05, 0) is 4.92 Å². The highest BCUT2D eigenvalue weighted by Crippen LogP contribution is 2.10. The van der Waals surface area contributed by atoms with Gasteiger partial charge in [-0.15, -0.1) is 0 Å². The van der Waals surface area contributed by atoms with Gasteiger partial charge in [-0.3, -0.25) is 4.90 Å². The molecule has 1 aromatic rings. The molecule has 0 saturated carbocycles. The Bertz CT molecular complexity index is 580. The normalized spacial score (nSPS) is 17.0. The third-order valence-electron chi connectivity index (χ3n) is 3.04. The molecule has 11 heteroatoms. The summed E-state index contributed by atoms with van der Waals surface area (Å²) in [6, 6.07) is 0. The van der Waals surface area contributed by atoms with Crippen LogP contribution < -0.4 is 4.72 Å². The van der Waals surface area contributed by atoms with E-state index in [4.69, 9.17) is 4.74 Å². The number of nitrogens with zero attached hydrogens (tertiary/aromatic N) is 4. The minimum Gasteiger partial charge on any atom is -0.379 e. The highest BCUT2D eigenvalue weighted by Gasteiger charge is 2.21. The first-order valence-electron chi connectivity index (χ1n) is 6.40. The minimum absolute atomic E-state index is 0.255. The van der Waals surface area contributed by atoms with Crippen molar-refractivity contribution in [3.8, 4) is 0 Å². The zero-order valence-electron chi connectivity index (χ0n) is 11.3. The molecule has 1 aliphatic rings. The Morgan fingerprint density at radius 2 is 2.14 bits per heavy atom. The zero-order chi connectivity index (χ0) is 15.3. The number of nitrogens with one attached hydrogen (secondary N) is 1. The van der Waals surface area contributed by atoms with Gasteiger partial charge >= 0.3 is 5.82 Å². The topological polar surface area (TPSA) is 120 Å². The van der Waals surface area contributed by atoms with Crippen LogP contribution in [-0.4, -0.2) is 67.2 Å². The van der Waals surface area contributed by atoms with Crippen LogP contribution in [0.15, 0.2) is 12.5 Å². The lowest BCUT2D eigenvalue weighted by atomic mass is 10.4. The Kier molecular flexibility index (Phi) is 5.22. The predicted octanol–water partition coefficient (Wildman–Crippen LogP) is -1.000. The van der Waals surface area contributed by atoms with E-state index in [1.54, 1.807) is 0 Å². The lowest BCUT2D eigenvalue weighted by Gasteiger charge is -2.26. The SMILES string of the molecule is O=[N+]([O-])c1cncn1CS(=O)(=O)NCCN1CCOCC1. The number of morpholine rings is 1. The number of rotatable bonds is 7. The van der Waals surface area contributed by atoms with Crippen LogP contribution in [0.4, 0.5) is 5.82 Å². The lowest BCUT2D eigenvalue weighted by Crippen LogP contribution is -2.41. The quantitative estimate of drug-likeness (QED) is 0.505. The van der Waals surface area contributed by atoms with Crippen molar-refractivity contribution in [1.82, 2.24) is 19.2 Å². The second-order valence-corrected chi connectivity index (χ2v) is 6.35. The smallest absolute Gasteiger partial charge is 0.343 e. The van der Waals surface area contributed by atoms with Crippen LogP contribution in [0.3, 0.4) is 0 Å². The first-order chi connectivity index (χ1) is 9.98. The van der Waals surface area contributed by atoms with Crippen molar-refractivity contribution < 1.29 is 18.1 Å². The van der Waals surface area contributed by atoms with Crippen LogP contribution in [0.1, 0.15) is 0 Å². The van der Waals surface area contributed by atoms with Gasteiger partial charge in [0.1, 0.15) is 6.20 Å². The standard InChI is InChI=1S/C10H17N5O5S/c16-15(17)10-7-11-8-14(10)9-21(18,19)12-1-2-13-3-5-20-6-4-13/h7-8,12H,1-6,9H2. The molecule has 0 unspecified atom stereocenters. The molecule has 0 aromatic carbocycles. The summed E-state index contributed by atoms with van der Waals surface area (Å²) >= 11 is 0. The minimum atomic E-state index is -3.65. The van der Waals surface area contributed by atoms with Gasteiger partial charge in [-0.25, -0.2) is 18.1 Å². The maximum atomic E-state index is 11.9. The third-order valence-corrected chi connectivity index (χ3v) is 4.30. The van der Waals surface area contributed by atoms with Crippen LogP contribution in [0.5, 0.6) is 0 Å². The Balaban J connectivity index is 1.84. The van der Waals surface area contributed by atoms with Crippen LogP contribution >= 0.6 is 0 Å². The van der Waals surface area contributed by atoms with Crippen LogP contribution in [0.25, 0.3) is 0 Å². The molecule has 2 rings (SSSR count). The molecule has 2 heterocycles. The van der Waals surface area contributed by atoms with E-state index in [1.165, 1.54) is 0 Å². The summed E-state index contributed by atoms with van der Waals surface area (Å²) in [6.07, 6.45) is 2.14. The van der Waals surface area contributed by atoms with E-state index in [2.05, 4.69) is 14.6 Å². The fourth-order valence-electron chi connectivity index (χ4n) is 1.98. The van der Waals surface area contributed by atoms with Crippen LogP contribution in [0.2, 0.25) is 0 Å². The van der Waals surface area contributed by atoms with Gasteiger partial charge in [-0.2, -0.15) is 4.57 Å². The van der Waals surface area contributed by atoms with Gasteiger partial charge in [0, 0.05) is 26.2 Å². The van der Waals surface area contributed by atoms with E-state index in [-0.39, 0.29) is 12.4 Å². The van der Waals surface area contributed by atoms with Crippen molar-refractivity contribution in [3.63, 3.8) is 0 Å². The van der Waals surface area contributed by atoms with Gasteiger partial charge in [0.15, 0.2) is 6.33 Å². The summed E-state index contributed by atoms with van der Waals surface area (Å²) < 4.78 is 32.4. The molecule has 1 aromatic heterocycles. The van der Waals surface area contributed by atoms with Crippen LogP contribution in [-0.2, 0) is 20.6 Å². The second-order valence-electron chi connectivity index (χ2n) is 4.57. The summed E-state index contributed by atoms with van der Waals surface area (Å²) in [5.74, 6) is -0.875. The van der Waals surface area contributed by atoms with Gasteiger partial charge in [0.25, 0.3) is 10.0 Å². The van der Waals surface area contributed by atoms with Gasteiger partial charge in [0.2, 0.25) is 5.88 Å². The molecule has 0 aliphatic carbocycles. The van der Waals surface area contributed by atoms with Crippen molar-refractivity contribution in [2.45, 2.75) is 5.88 Å². The molecule has 1 fully saturated rings. The average Bonchev–Trinajstić information content (AvgIpc) is 2.87. The van der Waals surface area contributed by atoms with E-state index in [0.717, 1.165) is 30.2 Å². The molecule has 1 N–H and O–H groups in total. The monoisotopic (exact) mass is 319 g/mol.